The van der Waals surface area contributed by atoms with Crippen molar-refractivity contribution in [3.05, 3.63) is 35.4 Å². The van der Waals surface area contributed by atoms with Gasteiger partial charge in [-0.15, -0.1) is 0 Å². The molecule has 110 valence electrons. The summed E-state index contributed by atoms with van der Waals surface area (Å²) in [6, 6.07) is 10.3. The zero-order valence-electron chi connectivity index (χ0n) is 12.2. The number of rotatable bonds is 1. The molecule has 1 atom stereocenters. The van der Waals surface area contributed by atoms with Crippen molar-refractivity contribution in [2.24, 2.45) is 5.73 Å². The fourth-order valence-electron chi connectivity index (χ4n) is 3.15. The van der Waals surface area contributed by atoms with E-state index in [4.69, 9.17) is 5.73 Å². The molecule has 21 heavy (non-hydrogen) atoms. The van der Waals surface area contributed by atoms with Gasteiger partial charge >= 0.3 is 0 Å². The molecular weight excluding hydrogens is 264 g/mol. The summed E-state index contributed by atoms with van der Waals surface area (Å²) in [5, 5.41) is 19.9. The average Bonchev–Trinajstić information content (AvgIpc) is 2.52. The van der Waals surface area contributed by atoms with Crippen LogP contribution in [-0.4, -0.2) is 42.4 Å². The van der Waals surface area contributed by atoms with Crippen LogP contribution in [0.15, 0.2) is 29.8 Å². The number of likely N-dealkylation sites (tertiary alicyclic amines) is 1. The van der Waals surface area contributed by atoms with E-state index in [1.807, 2.05) is 31.3 Å². The SMILES string of the molecule is CN1c2ccccc2C(N2CCC(N)CC2)=C(C#N)C1O. The third-order valence-electron chi connectivity index (χ3n) is 4.40. The fraction of sp³-hybridized carbons (Fsp3) is 0.438. The van der Waals surface area contributed by atoms with Gasteiger partial charge in [0.2, 0.25) is 0 Å². The van der Waals surface area contributed by atoms with Gasteiger partial charge in [0.1, 0.15) is 11.6 Å². The Kier molecular flexibility index (Phi) is 3.58. The van der Waals surface area contributed by atoms with Crippen molar-refractivity contribution in [3.8, 4) is 6.07 Å². The molecule has 5 nitrogen and oxygen atoms in total. The lowest BCUT2D eigenvalue weighted by atomic mass is 9.95. The molecule has 1 unspecified atom stereocenters. The lowest BCUT2D eigenvalue weighted by molar-refractivity contribution is 0.209. The van der Waals surface area contributed by atoms with Crippen molar-refractivity contribution < 1.29 is 5.11 Å². The molecule has 1 saturated heterocycles. The Bertz CT molecular complexity index is 611. The first-order chi connectivity index (χ1) is 10.1. The number of para-hydroxylation sites is 1. The summed E-state index contributed by atoms with van der Waals surface area (Å²) < 4.78 is 0. The molecule has 1 aromatic carbocycles. The molecule has 3 rings (SSSR count). The largest absolute Gasteiger partial charge is 0.370 e. The van der Waals surface area contributed by atoms with Crippen LogP contribution >= 0.6 is 0 Å². The van der Waals surface area contributed by atoms with E-state index < -0.39 is 6.23 Å². The standard InChI is InChI=1S/C16H20N4O/c1-19-14-5-3-2-4-12(14)15(13(10-17)16(19)21)20-8-6-11(18)7-9-20/h2-5,11,16,21H,6-9,18H2,1H3. The molecule has 0 spiro atoms. The molecule has 0 aromatic heterocycles. The maximum absolute atomic E-state index is 10.4. The van der Waals surface area contributed by atoms with Gasteiger partial charge in [-0.1, -0.05) is 18.2 Å². The summed E-state index contributed by atoms with van der Waals surface area (Å²) in [6.07, 6.45) is 0.933. The quantitative estimate of drug-likeness (QED) is 0.808. The third-order valence-corrected chi connectivity index (χ3v) is 4.40. The van der Waals surface area contributed by atoms with E-state index in [2.05, 4.69) is 11.0 Å². The van der Waals surface area contributed by atoms with Gasteiger partial charge in [-0.3, -0.25) is 0 Å². The Morgan fingerprint density at radius 1 is 1.29 bits per heavy atom. The van der Waals surface area contributed by atoms with Crippen LogP contribution in [0.1, 0.15) is 18.4 Å². The van der Waals surface area contributed by atoms with E-state index in [-0.39, 0.29) is 6.04 Å². The first-order valence-corrected chi connectivity index (χ1v) is 7.28. The summed E-state index contributed by atoms with van der Waals surface area (Å²) in [5.41, 5.74) is 9.23. The van der Waals surface area contributed by atoms with Gasteiger partial charge in [-0.05, 0) is 18.9 Å². The van der Waals surface area contributed by atoms with Crippen LogP contribution < -0.4 is 10.6 Å². The Morgan fingerprint density at radius 3 is 2.62 bits per heavy atom. The van der Waals surface area contributed by atoms with Crippen molar-refractivity contribution >= 4 is 11.4 Å². The Labute approximate surface area is 124 Å². The molecule has 0 bridgehead atoms. The number of hydrogen-bond acceptors (Lipinski definition) is 5. The molecule has 2 aliphatic rings. The first-order valence-electron chi connectivity index (χ1n) is 7.28. The third kappa shape index (κ3) is 2.27. The Balaban J connectivity index is 2.10. The minimum atomic E-state index is -0.893. The van der Waals surface area contributed by atoms with Gasteiger partial charge in [0.25, 0.3) is 0 Å². The minimum absolute atomic E-state index is 0.235. The number of nitrogens with zero attached hydrogens (tertiary/aromatic N) is 3. The monoisotopic (exact) mass is 284 g/mol. The molecule has 2 heterocycles. The zero-order valence-corrected chi connectivity index (χ0v) is 12.2. The van der Waals surface area contributed by atoms with Crippen LogP contribution in [-0.2, 0) is 0 Å². The van der Waals surface area contributed by atoms with Gasteiger partial charge in [-0.2, -0.15) is 5.26 Å². The van der Waals surface area contributed by atoms with Crippen LogP contribution in [0.5, 0.6) is 0 Å². The summed E-state index contributed by atoms with van der Waals surface area (Å²) in [6.45, 7) is 1.65. The second-order valence-corrected chi connectivity index (χ2v) is 5.70. The van der Waals surface area contributed by atoms with Gasteiger partial charge in [0.15, 0.2) is 6.23 Å². The van der Waals surface area contributed by atoms with E-state index in [1.54, 1.807) is 4.90 Å². The second-order valence-electron chi connectivity index (χ2n) is 5.70. The normalized spacial score (nSPS) is 23.0. The van der Waals surface area contributed by atoms with Gasteiger partial charge in [0.05, 0.1) is 5.70 Å². The van der Waals surface area contributed by atoms with Gasteiger partial charge in [-0.25, -0.2) is 0 Å². The Hall–Kier alpha value is -2.03. The minimum Gasteiger partial charge on any atom is -0.370 e. The molecule has 0 radical (unpaired) electrons. The maximum atomic E-state index is 10.4. The topological polar surface area (TPSA) is 76.5 Å². The molecule has 1 fully saturated rings. The molecular formula is C16H20N4O. The highest BCUT2D eigenvalue weighted by Crippen LogP contribution is 2.38. The van der Waals surface area contributed by atoms with Crippen molar-refractivity contribution in [1.82, 2.24) is 4.90 Å². The van der Waals surface area contributed by atoms with Crippen LogP contribution in [0.25, 0.3) is 5.70 Å². The average molecular weight is 284 g/mol. The van der Waals surface area contributed by atoms with Crippen molar-refractivity contribution in [1.29, 1.82) is 5.26 Å². The van der Waals surface area contributed by atoms with Crippen LogP contribution in [0, 0.1) is 11.3 Å². The van der Waals surface area contributed by atoms with Gasteiger partial charge in [0, 0.05) is 37.4 Å². The van der Waals surface area contributed by atoms with E-state index in [1.165, 1.54) is 0 Å². The molecule has 1 aromatic rings. The van der Waals surface area contributed by atoms with E-state index >= 15 is 0 Å². The van der Waals surface area contributed by atoms with E-state index in [0.29, 0.717) is 5.57 Å². The molecule has 0 amide bonds. The summed E-state index contributed by atoms with van der Waals surface area (Å²) in [4.78, 5) is 3.93. The molecule has 3 N–H and O–H groups in total. The van der Waals surface area contributed by atoms with Crippen molar-refractivity contribution in [2.45, 2.75) is 25.1 Å². The van der Waals surface area contributed by atoms with Crippen molar-refractivity contribution in [3.63, 3.8) is 0 Å². The lowest BCUT2D eigenvalue weighted by Crippen LogP contribution is -2.43. The Morgan fingerprint density at radius 2 is 1.95 bits per heavy atom. The number of nitrogens with two attached hydrogens (primary N) is 1. The fourth-order valence-corrected chi connectivity index (χ4v) is 3.15. The number of aliphatic hydroxyl groups excluding tert-OH is 1. The smallest absolute Gasteiger partial charge is 0.165 e. The number of nitriles is 1. The second kappa shape index (κ2) is 5.40. The summed E-state index contributed by atoms with van der Waals surface area (Å²) >= 11 is 0. The molecule has 0 aliphatic carbocycles. The van der Waals surface area contributed by atoms with Crippen LogP contribution in [0.2, 0.25) is 0 Å². The number of aliphatic hydroxyl groups is 1. The number of piperidine rings is 1. The predicted octanol–water partition coefficient (Wildman–Crippen LogP) is 1.11. The van der Waals surface area contributed by atoms with Gasteiger partial charge < -0.3 is 20.6 Å². The number of anilines is 1. The zero-order chi connectivity index (χ0) is 15.0. The van der Waals surface area contributed by atoms with Crippen LogP contribution in [0.4, 0.5) is 5.69 Å². The van der Waals surface area contributed by atoms with Crippen LogP contribution in [0.3, 0.4) is 0 Å². The summed E-state index contributed by atoms with van der Waals surface area (Å²) in [7, 11) is 1.81. The van der Waals surface area contributed by atoms with Crippen molar-refractivity contribution in [2.75, 3.05) is 25.0 Å². The predicted molar refractivity (Wildman–Crippen MR) is 82.2 cm³/mol. The maximum Gasteiger partial charge on any atom is 0.165 e. The molecule has 0 saturated carbocycles. The number of hydrogen-bond donors (Lipinski definition) is 2. The summed E-state index contributed by atoms with van der Waals surface area (Å²) in [5.74, 6) is 0. The number of likely N-dealkylation sites (N-methyl/N-ethyl adjacent to an activating group) is 1. The molecule has 5 heteroatoms. The first kappa shape index (κ1) is 13.9. The highest BCUT2D eigenvalue weighted by Gasteiger charge is 2.33. The molecule has 2 aliphatic heterocycles. The number of benzene rings is 1. The van der Waals surface area contributed by atoms with E-state index in [9.17, 15) is 10.4 Å². The number of fused-ring (bicyclic) bond motifs is 1. The van der Waals surface area contributed by atoms with E-state index in [0.717, 1.165) is 42.9 Å². The highest BCUT2D eigenvalue weighted by molar-refractivity contribution is 5.84. The highest BCUT2D eigenvalue weighted by atomic mass is 16.3. The lowest BCUT2D eigenvalue weighted by Gasteiger charge is -2.40.